The maximum absolute atomic E-state index is 13.7. The number of halogens is 1. The van der Waals surface area contributed by atoms with Crippen molar-refractivity contribution in [2.45, 2.75) is 37.8 Å². The highest BCUT2D eigenvalue weighted by Gasteiger charge is 2.27. The van der Waals surface area contributed by atoms with Gasteiger partial charge in [-0.3, -0.25) is 4.57 Å². The molecule has 2 fully saturated rings. The van der Waals surface area contributed by atoms with Gasteiger partial charge in [-0.05, 0) is 81.3 Å². The van der Waals surface area contributed by atoms with E-state index in [1.54, 1.807) is 12.1 Å². The first-order chi connectivity index (χ1) is 18.1. The van der Waals surface area contributed by atoms with Crippen LogP contribution < -0.4 is 4.90 Å². The second-order valence-corrected chi connectivity index (χ2v) is 10.2. The molecule has 0 spiro atoms. The Labute approximate surface area is 216 Å². The van der Waals surface area contributed by atoms with Gasteiger partial charge in [-0.15, -0.1) is 0 Å². The molecule has 1 N–H and O–H groups in total. The number of aliphatic hydroxyl groups is 1. The van der Waals surface area contributed by atoms with E-state index in [1.165, 1.54) is 17.8 Å². The molecular weight excluding hydrogens is 467 g/mol. The van der Waals surface area contributed by atoms with Crippen LogP contribution in [0.2, 0.25) is 0 Å². The lowest BCUT2D eigenvalue weighted by molar-refractivity contribution is 0.111. The molecule has 1 saturated heterocycles. The number of imidazole rings is 2. The first-order valence-electron chi connectivity index (χ1n) is 13.2. The minimum absolute atomic E-state index is 0.227. The zero-order valence-electron chi connectivity index (χ0n) is 21.2. The molecule has 0 amide bonds. The van der Waals surface area contributed by atoms with Gasteiger partial charge in [-0.2, -0.15) is 0 Å². The lowest BCUT2D eigenvalue weighted by Crippen LogP contribution is -2.44. The first-order valence-corrected chi connectivity index (χ1v) is 13.2. The van der Waals surface area contributed by atoms with Crippen molar-refractivity contribution in [2.75, 3.05) is 38.1 Å². The van der Waals surface area contributed by atoms with Gasteiger partial charge in [-0.1, -0.05) is 0 Å². The fourth-order valence-electron chi connectivity index (χ4n) is 5.59. The zero-order valence-corrected chi connectivity index (χ0v) is 21.2. The maximum atomic E-state index is 13.7. The molecular formula is C29H33FN6O. The van der Waals surface area contributed by atoms with Gasteiger partial charge < -0.3 is 19.5 Å². The van der Waals surface area contributed by atoms with Gasteiger partial charge in [0.15, 0.2) is 5.82 Å². The van der Waals surface area contributed by atoms with Gasteiger partial charge in [0, 0.05) is 61.6 Å². The van der Waals surface area contributed by atoms with Crippen molar-refractivity contribution in [3.8, 4) is 28.5 Å². The van der Waals surface area contributed by atoms with Crippen LogP contribution in [0.15, 0.2) is 67.3 Å². The number of piperazine rings is 1. The van der Waals surface area contributed by atoms with Crippen LogP contribution in [0.25, 0.3) is 28.5 Å². The van der Waals surface area contributed by atoms with Crippen molar-refractivity contribution in [3.05, 3.63) is 73.1 Å². The van der Waals surface area contributed by atoms with Crippen LogP contribution in [0.5, 0.6) is 0 Å². The quantitative estimate of drug-likeness (QED) is 0.428. The Kier molecular flexibility index (Phi) is 6.52. The molecule has 2 aliphatic rings. The number of likely N-dealkylation sites (N-methyl/N-ethyl adjacent to an activating group) is 1. The molecule has 1 aliphatic heterocycles. The van der Waals surface area contributed by atoms with Crippen LogP contribution in [0.4, 0.5) is 10.1 Å². The fraction of sp³-hybridized carbons (Fsp3) is 0.379. The van der Waals surface area contributed by atoms with Crippen molar-refractivity contribution in [1.29, 1.82) is 0 Å². The van der Waals surface area contributed by atoms with Crippen LogP contribution in [-0.4, -0.2) is 68.4 Å². The Balaban J connectivity index is 1.38. The van der Waals surface area contributed by atoms with Gasteiger partial charge >= 0.3 is 0 Å². The third-order valence-corrected chi connectivity index (χ3v) is 7.82. The standard InChI is InChI=1S/C29H33FN6O/c1-33-16-18-34(19-17-33)23-6-8-24(9-7-23)35-15-14-31-29(35)28-27(21-2-4-22(30)5-3-21)32-20-36(28)25-10-12-26(37)13-11-25/h2-9,14-15,20,25-26,37H,10-13,16-19H2,1H3. The van der Waals surface area contributed by atoms with Crippen LogP contribution in [0.3, 0.4) is 0 Å². The van der Waals surface area contributed by atoms with E-state index < -0.39 is 0 Å². The third-order valence-electron chi connectivity index (χ3n) is 7.82. The molecule has 2 aromatic heterocycles. The van der Waals surface area contributed by atoms with E-state index >= 15 is 0 Å². The van der Waals surface area contributed by atoms with E-state index in [-0.39, 0.29) is 18.0 Å². The van der Waals surface area contributed by atoms with Gasteiger partial charge in [0.1, 0.15) is 11.5 Å². The van der Waals surface area contributed by atoms with Gasteiger partial charge in [0.05, 0.1) is 18.1 Å². The Morgan fingerprint density at radius 1 is 0.838 bits per heavy atom. The van der Waals surface area contributed by atoms with Crippen molar-refractivity contribution >= 4 is 5.69 Å². The van der Waals surface area contributed by atoms with Crippen LogP contribution in [0, 0.1) is 5.82 Å². The lowest BCUT2D eigenvalue weighted by atomic mass is 9.92. The van der Waals surface area contributed by atoms with Crippen LogP contribution in [0.1, 0.15) is 31.7 Å². The average Bonchev–Trinajstić information content (AvgIpc) is 3.58. The Morgan fingerprint density at radius 3 is 2.22 bits per heavy atom. The number of aromatic nitrogens is 4. The highest BCUT2D eigenvalue weighted by molar-refractivity contribution is 5.76. The predicted molar refractivity (Wildman–Crippen MR) is 143 cm³/mol. The molecule has 0 radical (unpaired) electrons. The number of hydrogen-bond donors (Lipinski definition) is 1. The SMILES string of the molecule is CN1CCN(c2ccc(-n3ccnc3-c3c(-c4ccc(F)cc4)ncn3C3CCC(O)CC3)cc2)CC1. The largest absolute Gasteiger partial charge is 0.393 e. The summed E-state index contributed by atoms with van der Waals surface area (Å²) in [6.45, 7) is 4.20. The monoisotopic (exact) mass is 500 g/mol. The van der Waals surface area contributed by atoms with E-state index in [4.69, 9.17) is 9.97 Å². The van der Waals surface area contributed by atoms with E-state index in [0.717, 1.165) is 80.3 Å². The minimum atomic E-state index is -0.270. The number of nitrogens with zero attached hydrogens (tertiary/aromatic N) is 6. The van der Waals surface area contributed by atoms with E-state index in [2.05, 4.69) is 50.2 Å². The molecule has 3 heterocycles. The van der Waals surface area contributed by atoms with E-state index in [1.807, 2.05) is 18.7 Å². The average molecular weight is 501 g/mol. The summed E-state index contributed by atoms with van der Waals surface area (Å²) >= 11 is 0. The summed E-state index contributed by atoms with van der Waals surface area (Å²) in [5.41, 5.74) is 4.82. The lowest BCUT2D eigenvalue weighted by Gasteiger charge is -2.34. The molecule has 37 heavy (non-hydrogen) atoms. The normalized spacial score (nSPS) is 20.9. The van der Waals surface area contributed by atoms with Crippen molar-refractivity contribution in [3.63, 3.8) is 0 Å². The molecule has 7 nitrogen and oxygen atoms in total. The van der Waals surface area contributed by atoms with Crippen molar-refractivity contribution < 1.29 is 9.50 Å². The summed E-state index contributed by atoms with van der Waals surface area (Å²) in [5, 5.41) is 10.1. The van der Waals surface area contributed by atoms with Gasteiger partial charge in [0.25, 0.3) is 0 Å². The molecule has 1 saturated carbocycles. The second-order valence-electron chi connectivity index (χ2n) is 10.2. The number of hydrogen-bond acceptors (Lipinski definition) is 5. The molecule has 1 aliphatic carbocycles. The Hall–Kier alpha value is -3.49. The Bertz CT molecular complexity index is 1330. The summed E-state index contributed by atoms with van der Waals surface area (Å²) < 4.78 is 18.0. The summed E-state index contributed by atoms with van der Waals surface area (Å²) in [6, 6.07) is 15.4. The van der Waals surface area contributed by atoms with Crippen LogP contribution >= 0.6 is 0 Å². The molecule has 0 atom stereocenters. The third kappa shape index (κ3) is 4.79. The van der Waals surface area contributed by atoms with Crippen molar-refractivity contribution in [1.82, 2.24) is 24.0 Å². The molecule has 0 bridgehead atoms. The smallest absolute Gasteiger partial charge is 0.163 e. The summed E-state index contributed by atoms with van der Waals surface area (Å²) in [7, 11) is 2.17. The molecule has 4 aromatic rings. The van der Waals surface area contributed by atoms with Gasteiger partial charge in [-0.25, -0.2) is 14.4 Å². The zero-order chi connectivity index (χ0) is 25.4. The van der Waals surface area contributed by atoms with Gasteiger partial charge in [0.2, 0.25) is 0 Å². The Morgan fingerprint density at radius 2 is 1.51 bits per heavy atom. The van der Waals surface area contributed by atoms with E-state index in [9.17, 15) is 9.50 Å². The number of rotatable bonds is 5. The topological polar surface area (TPSA) is 62.3 Å². The molecule has 192 valence electrons. The summed E-state index contributed by atoms with van der Waals surface area (Å²) in [6.07, 6.45) is 8.76. The predicted octanol–water partition coefficient (Wildman–Crippen LogP) is 4.77. The molecule has 6 rings (SSSR count). The fourth-order valence-corrected chi connectivity index (χ4v) is 5.59. The summed E-state index contributed by atoms with van der Waals surface area (Å²) in [4.78, 5) is 14.4. The highest BCUT2D eigenvalue weighted by Crippen LogP contribution is 2.38. The van der Waals surface area contributed by atoms with E-state index in [0.29, 0.717) is 0 Å². The molecule has 8 heteroatoms. The molecule has 0 unspecified atom stereocenters. The first kappa shape index (κ1) is 23.9. The number of benzene rings is 2. The second kappa shape index (κ2) is 10.1. The number of aliphatic hydroxyl groups excluding tert-OH is 1. The number of anilines is 1. The van der Waals surface area contributed by atoms with Crippen LogP contribution in [-0.2, 0) is 0 Å². The summed E-state index contributed by atoms with van der Waals surface area (Å²) in [5.74, 6) is 0.531. The highest BCUT2D eigenvalue weighted by atomic mass is 19.1. The molecule has 2 aromatic carbocycles. The minimum Gasteiger partial charge on any atom is -0.393 e. The maximum Gasteiger partial charge on any atom is 0.163 e. The van der Waals surface area contributed by atoms with Crippen molar-refractivity contribution in [2.24, 2.45) is 0 Å².